The predicted molar refractivity (Wildman–Crippen MR) is 49.8 cm³/mol. The van der Waals surface area contributed by atoms with Crippen molar-refractivity contribution >= 4 is 18.3 Å². The van der Waals surface area contributed by atoms with Crippen LogP contribution in [0.4, 0.5) is 5.69 Å². The molecule has 1 aromatic carbocycles. The standard InChI is InChI=1S/C8H9NO2S/c1-5-6(2)8(12)4-3-7(5)9(10)11/h3-4,12H,1-2H3. The van der Waals surface area contributed by atoms with Crippen molar-refractivity contribution in [1.82, 2.24) is 0 Å². The second-order valence-corrected chi connectivity index (χ2v) is 3.09. The Balaban J connectivity index is 3.36. The average molecular weight is 183 g/mol. The summed E-state index contributed by atoms with van der Waals surface area (Å²) in [7, 11) is 0. The topological polar surface area (TPSA) is 43.1 Å². The van der Waals surface area contributed by atoms with Gasteiger partial charge in [-0.15, -0.1) is 12.6 Å². The first-order valence-corrected chi connectivity index (χ1v) is 3.92. The molecule has 0 fully saturated rings. The lowest BCUT2D eigenvalue weighted by Crippen LogP contribution is -1.94. The highest BCUT2D eigenvalue weighted by molar-refractivity contribution is 7.80. The largest absolute Gasteiger partial charge is 0.272 e. The second kappa shape index (κ2) is 3.15. The van der Waals surface area contributed by atoms with E-state index < -0.39 is 0 Å². The second-order valence-electron chi connectivity index (χ2n) is 2.61. The quantitative estimate of drug-likeness (QED) is 0.413. The molecule has 0 atom stereocenters. The molecule has 0 bridgehead atoms. The van der Waals surface area contributed by atoms with E-state index in [1.165, 1.54) is 6.07 Å². The molecule has 0 saturated heterocycles. The molecule has 0 radical (unpaired) electrons. The first kappa shape index (κ1) is 9.06. The van der Waals surface area contributed by atoms with Gasteiger partial charge in [-0.3, -0.25) is 10.1 Å². The number of nitro benzene ring substituents is 1. The summed E-state index contributed by atoms with van der Waals surface area (Å²) < 4.78 is 0. The van der Waals surface area contributed by atoms with Gasteiger partial charge in [0, 0.05) is 16.5 Å². The van der Waals surface area contributed by atoms with Gasteiger partial charge in [0.25, 0.3) is 5.69 Å². The molecule has 0 aliphatic rings. The lowest BCUT2D eigenvalue weighted by molar-refractivity contribution is -0.385. The zero-order chi connectivity index (χ0) is 9.30. The van der Waals surface area contributed by atoms with Crippen LogP contribution >= 0.6 is 12.6 Å². The van der Waals surface area contributed by atoms with Crippen LogP contribution in [-0.2, 0) is 0 Å². The molecule has 0 spiro atoms. The van der Waals surface area contributed by atoms with E-state index in [1.54, 1.807) is 13.0 Å². The summed E-state index contributed by atoms with van der Waals surface area (Å²) in [6, 6.07) is 3.12. The Morgan fingerprint density at radius 3 is 2.42 bits per heavy atom. The first-order valence-electron chi connectivity index (χ1n) is 3.47. The van der Waals surface area contributed by atoms with Crippen molar-refractivity contribution in [3.63, 3.8) is 0 Å². The summed E-state index contributed by atoms with van der Waals surface area (Å²) in [6.45, 7) is 3.55. The monoisotopic (exact) mass is 183 g/mol. The number of benzene rings is 1. The summed E-state index contributed by atoms with van der Waals surface area (Å²) in [4.78, 5) is 10.9. The van der Waals surface area contributed by atoms with Gasteiger partial charge in [-0.05, 0) is 25.5 Å². The van der Waals surface area contributed by atoms with Gasteiger partial charge in [0.05, 0.1) is 4.92 Å². The van der Waals surface area contributed by atoms with Crippen molar-refractivity contribution in [3.05, 3.63) is 33.4 Å². The highest BCUT2D eigenvalue weighted by Crippen LogP contribution is 2.25. The van der Waals surface area contributed by atoms with Crippen LogP contribution in [0, 0.1) is 24.0 Å². The molecule has 4 heteroatoms. The molecular formula is C8H9NO2S. The van der Waals surface area contributed by atoms with E-state index in [-0.39, 0.29) is 10.6 Å². The minimum Gasteiger partial charge on any atom is -0.258 e. The Bertz CT molecular complexity index is 336. The van der Waals surface area contributed by atoms with Crippen LogP contribution in [0.15, 0.2) is 17.0 Å². The third-order valence-corrected chi connectivity index (χ3v) is 2.41. The number of nitrogens with zero attached hydrogens (tertiary/aromatic N) is 1. The van der Waals surface area contributed by atoms with Gasteiger partial charge in [0.1, 0.15) is 0 Å². The van der Waals surface area contributed by atoms with E-state index in [0.717, 1.165) is 10.5 Å². The maximum absolute atomic E-state index is 10.5. The molecule has 0 amide bonds. The summed E-state index contributed by atoms with van der Waals surface area (Å²) in [6.07, 6.45) is 0. The van der Waals surface area contributed by atoms with E-state index in [0.29, 0.717) is 5.56 Å². The van der Waals surface area contributed by atoms with Gasteiger partial charge in [-0.2, -0.15) is 0 Å². The van der Waals surface area contributed by atoms with Crippen LogP contribution in [0.3, 0.4) is 0 Å². The zero-order valence-corrected chi connectivity index (χ0v) is 7.76. The van der Waals surface area contributed by atoms with Crippen molar-refractivity contribution in [2.75, 3.05) is 0 Å². The van der Waals surface area contributed by atoms with Crippen molar-refractivity contribution in [3.8, 4) is 0 Å². The molecule has 0 heterocycles. The summed E-state index contributed by atoms with van der Waals surface area (Å²) >= 11 is 4.16. The molecule has 12 heavy (non-hydrogen) atoms. The van der Waals surface area contributed by atoms with E-state index in [2.05, 4.69) is 12.6 Å². The lowest BCUT2D eigenvalue weighted by atomic mass is 10.1. The molecular weight excluding hydrogens is 174 g/mol. The molecule has 0 unspecified atom stereocenters. The van der Waals surface area contributed by atoms with Crippen LogP contribution < -0.4 is 0 Å². The van der Waals surface area contributed by atoms with E-state index >= 15 is 0 Å². The van der Waals surface area contributed by atoms with Crippen molar-refractivity contribution < 1.29 is 4.92 Å². The van der Waals surface area contributed by atoms with Crippen LogP contribution in [0.1, 0.15) is 11.1 Å². The molecule has 1 rings (SSSR count). The maximum Gasteiger partial charge on any atom is 0.272 e. The minimum absolute atomic E-state index is 0.158. The Morgan fingerprint density at radius 1 is 1.33 bits per heavy atom. The molecule has 0 N–H and O–H groups in total. The molecule has 0 aliphatic carbocycles. The van der Waals surface area contributed by atoms with Crippen molar-refractivity contribution in [2.24, 2.45) is 0 Å². The maximum atomic E-state index is 10.5. The normalized spacial score (nSPS) is 9.92. The van der Waals surface area contributed by atoms with Crippen LogP contribution in [0.25, 0.3) is 0 Å². The third kappa shape index (κ3) is 1.43. The van der Waals surface area contributed by atoms with Gasteiger partial charge >= 0.3 is 0 Å². The predicted octanol–water partition coefficient (Wildman–Crippen LogP) is 2.50. The van der Waals surface area contributed by atoms with Gasteiger partial charge < -0.3 is 0 Å². The number of hydrogen-bond acceptors (Lipinski definition) is 3. The first-order chi connectivity index (χ1) is 5.54. The minimum atomic E-state index is -0.379. The summed E-state index contributed by atoms with van der Waals surface area (Å²) in [5.41, 5.74) is 1.71. The Morgan fingerprint density at radius 2 is 1.92 bits per heavy atom. The van der Waals surface area contributed by atoms with Crippen molar-refractivity contribution in [1.29, 1.82) is 0 Å². The fraction of sp³-hybridized carbons (Fsp3) is 0.250. The van der Waals surface area contributed by atoms with Gasteiger partial charge in [-0.25, -0.2) is 0 Å². The zero-order valence-electron chi connectivity index (χ0n) is 6.87. The highest BCUT2D eigenvalue weighted by Gasteiger charge is 2.12. The number of rotatable bonds is 1. The smallest absolute Gasteiger partial charge is 0.258 e. The number of hydrogen-bond donors (Lipinski definition) is 1. The molecule has 1 aromatic rings. The fourth-order valence-corrected chi connectivity index (χ4v) is 1.23. The summed E-state index contributed by atoms with van der Waals surface area (Å²) in [5, 5.41) is 10.5. The molecule has 3 nitrogen and oxygen atoms in total. The number of nitro groups is 1. The van der Waals surface area contributed by atoms with E-state index in [1.807, 2.05) is 6.92 Å². The highest BCUT2D eigenvalue weighted by atomic mass is 32.1. The molecule has 0 aliphatic heterocycles. The molecule has 64 valence electrons. The van der Waals surface area contributed by atoms with Gasteiger partial charge in [0.15, 0.2) is 0 Å². The molecule has 0 saturated carbocycles. The van der Waals surface area contributed by atoms with Gasteiger partial charge in [0.2, 0.25) is 0 Å². The third-order valence-electron chi connectivity index (χ3n) is 1.93. The fourth-order valence-electron chi connectivity index (χ4n) is 0.990. The molecule has 0 aromatic heterocycles. The Labute approximate surface area is 76.0 Å². The Hall–Kier alpha value is -1.03. The van der Waals surface area contributed by atoms with E-state index in [4.69, 9.17) is 0 Å². The Kier molecular flexibility index (Phi) is 2.38. The number of thiol groups is 1. The van der Waals surface area contributed by atoms with Crippen LogP contribution in [0.2, 0.25) is 0 Å². The average Bonchev–Trinajstić information content (AvgIpc) is 2.00. The van der Waals surface area contributed by atoms with Gasteiger partial charge in [-0.1, -0.05) is 0 Å². The van der Waals surface area contributed by atoms with Crippen LogP contribution in [0.5, 0.6) is 0 Å². The van der Waals surface area contributed by atoms with Crippen molar-refractivity contribution in [2.45, 2.75) is 18.7 Å². The van der Waals surface area contributed by atoms with E-state index in [9.17, 15) is 10.1 Å². The van der Waals surface area contributed by atoms with Crippen LogP contribution in [-0.4, -0.2) is 4.92 Å². The lowest BCUT2D eigenvalue weighted by Gasteiger charge is -2.03. The summed E-state index contributed by atoms with van der Waals surface area (Å²) in [5.74, 6) is 0. The SMILES string of the molecule is Cc1c(S)ccc([N+](=O)[O-])c1C.